The fourth-order valence-electron chi connectivity index (χ4n) is 2.10. The Morgan fingerprint density at radius 2 is 1.79 bits per heavy atom. The predicted molar refractivity (Wildman–Crippen MR) is 108 cm³/mol. The number of carbonyl (C=O) groups is 2. The molecule has 1 aromatic carbocycles. The Morgan fingerprint density at radius 1 is 1.07 bits per heavy atom. The Balaban J connectivity index is 2.56. The van der Waals surface area contributed by atoms with Crippen molar-refractivity contribution >= 4 is 17.6 Å². The number of benzene rings is 1. The molecule has 6 heteroatoms. The molecule has 0 atom stereocenters. The summed E-state index contributed by atoms with van der Waals surface area (Å²) >= 11 is 0. The van der Waals surface area contributed by atoms with Crippen molar-refractivity contribution in [3.63, 3.8) is 0 Å². The number of phenolic OH excluding ortho intramolecular Hbond substituents is 1. The highest BCUT2D eigenvalue weighted by atomic mass is 16.5. The maximum atomic E-state index is 11.9. The number of ether oxygens (including phenoxy) is 2. The Bertz CT molecular complexity index is 841. The fraction of sp³-hybridized carbons (Fsp3) is 0.182. The molecule has 6 nitrogen and oxygen atoms in total. The van der Waals surface area contributed by atoms with Gasteiger partial charge in [-0.1, -0.05) is 30.4 Å². The number of ketones is 2. The van der Waals surface area contributed by atoms with Gasteiger partial charge in [0.25, 0.3) is 0 Å². The predicted octanol–water partition coefficient (Wildman–Crippen LogP) is 4.05. The van der Waals surface area contributed by atoms with Crippen LogP contribution in [-0.4, -0.2) is 36.0 Å². The number of aliphatic hydroxyl groups is 1. The van der Waals surface area contributed by atoms with Gasteiger partial charge >= 0.3 is 0 Å². The van der Waals surface area contributed by atoms with Gasteiger partial charge in [0, 0.05) is 0 Å². The lowest BCUT2D eigenvalue weighted by Gasteiger charge is -2.03. The molecule has 0 spiro atoms. The molecule has 0 aromatic heterocycles. The number of methoxy groups -OCH3 is 2. The van der Waals surface area contributed by atoms with Crippen molar-refractivity contribution in [3.8, 4) is 11.5 Å². The van der Waals surface area contributed by atoms with E-state index in [-0.39, 0.29) is 29.5 Å². The second kappa shape index (κ2) is 12.0. The van der Waals surface area contributed by atoms with E-state index in [1.54, 1.807) is 43.4 Å². The molecule has 1 aromatic rings. The molecule has 2 N–H and O–H groups in total. The van der Waals surface area contributed by atoms with Crippen molar-refractivity contribution in [1.82, 2.24) is 0 Å². The molecule has 0 fully saturated rings. The van der Waals surface area contributed by atoms with Crippen LogP contribution in [0.3, 0.4) is 0 Å². The Labute approximate surface area is 164 Å². The highest BCUT2D eigenvalue weighted by Gasteiger charge is 2.04. The molecular formula is C22H24O6. The molecule has 0 aliphatic carbocycles. The summed E-state index contributed by atoms with van der Waals surface area (Å²) in [4.78, 5) is 23.6. The number of allylic oxidation sites excluding steroid dienone is 7. The van der Waals surface area contributed by atoms with E-state index < -0.39 is 0 Å². The zero-order chi connectivity index (χ0) is 20.9. The highest BCUT2D eigenvalue weighted by molar-refractivity contribution is 6.09. The number of phenols is 1. The van der Waals surface area contributed by atoms with Crippen molar-refractivity contribution in [2.75, 3.05) is 14.2 Å². The molecule has 148 valence electrons. The highest BCUT2D eigenvalue weighted by Crippen LogP contribution is 2.26. The summed E-state index contributed by atoms with van der Waals surface area (Å²) in [6.45, 7) is 1.73. The first-order valence-electron chi connectivity index (χ1n) is 8.46. The van der Waals surface area contributed by atoms with Gasteiger partial charge in [-0.25, -0.2) is 0 Å². The van der Waals surface area contributed by atoms with E-state index >= 15 is 0 Å². The molecule has 0 saturated heterocycles. The molecule has 0 radical (unpaired) electrons. The second-order valence-electron chi connectivity index (χ2n) is 5.53. The van der Waals surface area contributed by atoms with Crippen LogP contribution in [0.1, 0.15) is 18.9 Å². The van der Waals surface area contributed by atoms with Crippen molar-refractivity contribution in [2.24, 2.45) is 0 Å². The molecule has 0 amide bonds. The second-order valence-corrected chi connectivity index (χ2v) is 5.53. The zero-order valence-electron chi connectivity index (χ0n) is 16.1. The lowest BCUT2D eigenvalue weighted by molar-refractivity contribution is -0.121. The van der Waals surface area contributed by atoms with Crippen LogP contribution in [-0.2, 0) is 14.3 Å². The normalized spacial score (nSPS) is 12.8. The third-order valence-electron chi connectivity index (χ3n) is 3.51. The van der Waals surface area contributed by atoms with Crippen LogP contribution in [0.4, 0.5) is 0 Å². The zero-order valence-corrected chi connectivity index (χ0v) is 16.1. The van der Waals surface area contributed by atoms with E-state index in [2.05, 4.69) is 0 Å². The first-order chi connectivity index (χ1) is 13.4. The minimum absolute atomic E-state index is 0.00618. The number of aromatic hydroxyl groups is 1. The largest absolute Gasteiger partial charge is 0.504 e. The maximum absolute atomic E-state index is 11.9. The van der Waals surface area contributed by atoms with E-state index in [1.807, 2.05) is 0 Å². The van der Waals surface area contributed by atoms with Crippen LogP contribution in [0.15, 0.2) is 72.2 Å². The molecule has 0 unspecified atom stereocenters. The molecular weight excluding hydrogens is 360 g/mol. The molecule has 0 aliphatic rings. The summed E-state index contributed by atoms with van der Waals surface area (Å²) in [5.41, 5.74) is 0.664. The number of hydrogen-bond acceptors (Lipinski definition) is 6. The lowest BCUT2D eigenvalue weighted by Crippen LogP contribution is -2.01. The fourth-order valence-corrected chi connectivity index (χ4v) is 2.10. The van der Waals surface area contributed by atoms with Gasteiger partial charge in [0.05, 0.1) is 20.6 Å². The van der Waals surface area contributed by atoms with E-state index in [0.717, 1.165) is 0 Å². The van der Waals surface area contributed by atoms with Gasteiger partial charge < -0.3 is 19.7 Å². The maximum Gasteiger partial charge on any atom is 0.163 e. The lowest BCUT2D eigenvalue weighted by atomic mass is 10.1. The topological polar surface area (TPSA) is 93.1 Å². The Hall–Kier alpha value is -3.54. The first kappa shape index (κ1) is 22.5. The van der Waals surface area contributed by atoms with Crippen LogP contribution in [0, 0.1) is 0 Å². The van der Waals surface area contributed by atoms with Crippen LogP contribution in [0.25, 0.3) is 6.08 Å². The number of carbonyl (C=O) groups excluding carboxylic acids is 2. The Morgan fingerprint density at radius 3 is 2.43 bits per heavy atom. The smallest absolute Gasteiger partial charge is 0.163 e. The van der Waals surface area contributed by atoms with Gasteiger partial charge in [-0.05, 0) is 48.9 Å². The van der Waals surface area contributed by atoms with E-state index in [1.165, 1.54) is 44.6 Å². The van der Waals surface area contributed by atoms with Gasteiger partial charge in [-0.15, -0.1) is 0 Å². The standard InChI is InChI=1S/C22H24O6/c1-4-21(27-2)19(25)9-7-5-6-8-17(23)15-18(24)12-10-16-11-13-20(26)22(14-16)28-3/h4-14,25-26H,15H2,1-3H3/b7-5+,8-6+,12-10+,19-9+,21-4+. The third-order valence-corrected chi connectivity index (χ3v) is 3.51. The monoisotopic (exact) mass is 384 g/mol. The number of aliphatic hydroxyl groups excluding tert-OH is 1. The average molecular weight is 384 g/mol. The van der Waals surface area contributed by atoms with Crippen molar-refractivity contribution in [3.05, 3.63) is 77.8 Å². The van der Waals surface area contributed by atoms with Gasteiger partial charge in [0.2, 0.25) is 0 Å². The number of hydrogen-bond donors (Lipinski definition) is 2. The van der Waals surface area contributed by atoms with Crippen molar-refractivity contribution < 1.29 is 29.3 Å². The summed E-state index contributed by atoms with van der Waals surface area (Å²) in [5.74, 6) is -0.0810. The molecule has 0 saturated carbocycles. The van der Waals surface area contributed by atoms with Crippen LogP contribution >= 0.6 is 0 Å². The summed E-state index contributed by atoms with van der Waals surface area (Å²) in [6.07, 6.45) is 11.5. The molecule has 0 aliphatic heterocycles. The minimum Gasteiger partial charge on any atom is -0.504 e. The van der Waals surface area contributed by atoms with Crippen LogP contribution in [0.5, 0.6) is 11.5 Å². The molecule has 0 bridgehead atoms. The Kier molecular flexibility index (Phi) is 9.61. The van der Waals surface area contributed by atoms with E-state index in [9.17, 15) is 19.8 Å². The van der Waals surface area contributed by atoms with Gasteiger partial charge in [0.15, 0.2) is 34.6 Å². The van der Waals surface area contributed by atoms with Crippen LogP contribution in [0.2, 0.25) is 0 Å². The number of rotatable bonds is 10. The summed E-state index contributed by atoms with van der Waals surface area (Å²) < 4.78 is 9.94. The first-order valence-corrected chi connectivity index (χ1v) is 8.46. The molecule has 0 heterocycles. The summed E-state index contributed by atoms with van der Waals surface area (Å²) in [5, 5.41) is 19.2. The van der Waals surface area contributed by atoms with E-state index in [4.69, 9.17) is 9.47 Å². The quantitative estimate of drug-likeness (QED) is 0.274. The van der Waals surface area contributed by atoms with Gasteiger partial charge in [0.1, 0.15) is 0 Å². The van der Waals surface area contributed by atoms with Crippen molar-refractivity contribution in [2.45, 2.75) is 13.3 Å². The average Bonchev–Trinajstić information content (AvgIpc) is 2.68. The molecule has 1 rings (SSSR count). The summed E-state index contributed by atoms with van der Waals surface area (Å²) in [7, 11) is 2.88. The van der Waals surface area contributed by atoms with E-state index in [0.29, 0.717) is 17.1 Å². The van der Waals surface area contributed by atoms with Gasteiger partial charge in [-0.3, -0.25) is 9.59 Å². The van der Waals surface area contributed by atoms with Gasteiger partial charge in [-0.2, -0.15) is 0 Å². The third kappa shape index (κ3) is 7.78. The van der Waals surface area contributed by atoms with Crippen molar-refractivity contribution in [1.29, 1.82) is 0 Å². The minimum atomic E-state index is -0.346. The molecule has 28 heavy (non-hydrogen) atoms. The summed E-state index contributed by atoms with van der Waals surface area (Å²) in [6, 6.07) is 4.67. The SMILES string of the molecule is C\C=C(OC)/C(O)=C\C=C\C=C\C(=O)CC(=O)/C=C/c1ccc(O)c(OC)c1. The van der Waals surface area contributed by atoms with Crippen LogP contribution < -0.4 is 4.74 Å².